The zero-order valence-electron chi connectivity index (χ0n) is 16.7. The molecule has 0 unspecified atom stereocenters. The molecule has 0 spiro atoms. The van der Waals surface area contributed by atoms with Gasteiger partial charge in [-0.15, -0.1) is 5.10 Å². The third kappa shape index (κ3) is 4.52. The van der Waals surface area contributed by atoms with E-state index in [2.05, 4.69) is 20.0 Å². The van der Waals surface area contributed by atoms with Crippen molar-refractivity contribution >= 4 is 11.7 Å². The first-order chi connectivity index (χ1) is 13.8. The number of nitrogens with zero attached hydrogens (tertiary/aromatic N) is 5. The first-order valence-electron chi connectivity index (χ1n) is 9.47. The second-order valence-corrected chi connectivity index (χ2v) is 7.27. The summed E-state index contributed by atoms with van der Waals surface area (Å²) in [6.07, 6.45) is 0.141. The van der Waals surface area contributed by atoms with E-state index in [1.54, 1.807) is 24.1 Å². The van der Waals surface area contributed by atoms with Gasteiger partial charge >= 0.3 is 5.97 Å². The number of hydrogen-bond acceptors (Lipinski definition) is 7. The Morgan fingerprint density at radius 1 is 1.41 bits per heavy atom. The predicted molar refractivity (Wildman–Crippen MR) is 101 cm³/mol. The van der Waals surface area contributed by atoms with E-state index in [0.29, 0.717) is 41.4 Å². The van der Waals surface area contributed by atoms with Gasteiger partial charge in [0.25, 0.3) is 5.92 Å². The second kappa shape index (κ2) is 8.40. The van der Waals surface area contributed by atoms with Crippen LogP contribution in [-0.4, -0.2) is 57.2 Å². The number of piperidine rings is 1. The number of esters is 1. The molecule has 1 saturated heterocycles. The minimum absolute atomic E-state index is 0.0466. The lowest BCUT2D eigenvalue weighted by Crippen LogP contribution is -2.48. The number of aryl methyl sites for hydroxylation is 2. The monoisotopic (exact) mass is 409 g/mol. The van der Waals surface area contributed by atoms with Crippen molar-refractivity contribution in [3.8, 4) is 11.4 Å². The van der Waals surface area contributed by atoms with Gasteiger partial charge in [-0.25, -0.2) is 18.4 Å². The van der Waals surface area contributed by atoms with Gasteiger partial charge in [-0.1, -0.05) is 12.1 Å². The molecule has 29 heavy (non-hydrogen) atoms. The Balaban J connectivity index is 1.92. The van der Waals surface area contributed by atoms with Crippen LogP contribution in [0.4, 0.5) is 14.5 Å². The number of halogens is 2. The first-order valence-corrected chi connectivity index (χ1v) is 9.47. The summed E-state index contributed by atoms with van der Waals surface area (Å²) in [7, 11) is 2.93. The molecule has 0 aromatic carbocycles. The van der Waals surface area contributed by atoms with Gasteiger partial charge in [-0.3, -0.25) is 4.79 Å². The van der Waals surface area contributed by atoms with Crippen LogP contribution in [0.1, 0.15) is 31.2 Å². The topological polar surface area (TPSA) is 93.4 Å². The van der Waals surface area contributed by atoms with Crippen molar-refractivity contribution in [3.05, 3.63) is 23.5 Å². The van der Waals surface area contributed by atoms with E-state index in [4.69, 9.17) is 0 Å². The van der Waals surface area contributed by atoms with Gasteiger partial charge < -0.3 is 14.7 Å². The summed E-state index contributed by atoms with van der Waals surface area (Å²) in [6, 6.07) is 3.44. The molecule has 3 rings (SSSR count). The molecule has 10 heteroatoms. The lowest BCUT2D eigenvalue weighted by Gasteiger charge is -2.39. The van der Waals surface area contributed by atoms with Gasteiger partial charge in [-0.05, 0) is 24.5 Å². The van der Waals surface area contributed by atoms with E-state index in [1.807, 2.05) is 6.92 Å². The van der Waals surface area contributed by atoms with Gasteiger partial charge in [-0.2, -0.15) is 0 Å². The number of aliphatic hydroxyl groups excluding tert-OH is 1. The number of hydrogen-bond donors (Lipinski definition) is 1. The summed E-state index contributed by atoms with van der Waals surface area (Å²) >= 11 is 0. The molecule has 0 amide bonds. The molecule has 0 saturated carbocycles. The van der Waals surface area contributed by atoms with E-state index in [0.717, 1.165) is 0 Å². The van der Waals surface area contributed by atoms with Crippen molar-refractivity contribution in [1.29, 1.82) is 0 Å². The van der Waals surface area contributed by atoms with E-state index in [9.17, 15) is 18.7 Å². The van der Waals surface area contributed by atoms with E-state index in [1.165, 1.54) is 11.8 Å². The summed E-state index contributed by atoms with van der Waals surface area (Å²) in [5.74, 6) is -3.90. The highest BCUT2D eigenvalue weighted by molar-refractivity contribution is 5.69. The van der Waals surface area contributed by atoms with Crippen LogP contribution in [0, 0.1) is 5.92 Å². The van der Waals surface area contributed by atoms with Crippen molar-refractivity contribution in [3.63, 3.8) is 0 Å². The van der Waals surface area contributed by atoms with Crippen LogP contribution in [0.2, 0.25) is 0 Å². The summed E-state index contributed by atoms with van der Waals surface area (Å²) in [5, 5.41) is 17.5. The number of alkyl halides is 2. The molecule has 2 aromatic heterocycles. The summed E-state index contributed by atoms with van der Waals surface area (Å²) in [4.78, 5) is 17.8. The largest absolute Gasteiger partial charge is 0.469 e. The number of aliphatic hydroxyl groups is 1. The fraction of sp³-hybridized carbons (Fsp3) is 0.579. The number of pyridine rings is 1. The van der Waals surface area contributed by atoms with Crippen LogP contribution in [0.3, 0.4) is 0 Å². The Labute approximate surface area is 167 Å². The molecule has 1 aliphatic heterocycles. The highest BCUT2D eigenvalue weighted by Gasteiger charge is 2.41. The van der Waals surface area contributed by atoms with Crippen molar-refractivity contribution in [2.75, 3.05) is 25.1 Å². The lowest BCUT2D eigenvalue weighted by atomic mass is 9.91. The molecule has 0 aliphatic carbocycles. The fourth-order valence-corrected chi connectivity index (χ4v) is 3.77. The van der Waals surface area contributed by atoms with E-state index < -0.39 is 24.4 Å². The maximum Gasteiger partial charge on any atom is 0.305 e. The van der Waals surface area contributed by atoms with Gasteiger partial charge in [0.05, 0.1) is 49.5 Å². The van der Waals surface area contributed by atoms with Crippen LogP contribution in [0.5, 0.6) is 0 Å². The van der Waals surface area contributed by atoms with Crippen LogP contribution in [0.15, 0.2) is 12.1 Å². The maximum absolute atomic E-state index is 14.4. The molecule has 0 bridgehead atoms. The second-order valence-electron chi connectivity index (χ2n) is 7.27. The molecule has 8 nitrogen and oxygen atoms in total. The summed E-state index contributed by atoms with van der Waals surface area (Å²) in [6.45, 7) is 1.56. The fourth-order valence-electron chi connectivity index (χ4n) is 3.77. The van der Waals surface area contributed by atoms with Crippen molar-refractivity contribution < 1.29 is 23.4 Å². The highest BCUT2D eigenvalue weighted by Crippen LogP contribution is 2.36. The average Bonchev–Trinajstić information content (AvgIpc) is 3.06. The smallest absolute Gasteiger partial charge is 0.305 e. The molecule has 1 aliphatic rings. The molecule has 2 aromatic rings. The minimum atomic E-state index is -2.91. The lowest BCUT2D eigenvalue weighted by molar-refractivity contribution is -0.142. The molecule has 3 heterocycles. The number of anilines is 1. The van der Waals surface area contributed by atoms with Gasteiger partial charge in [0.1, 0.15) is 5.69 Å². The summed E-state index contributed by atoms with van der Waals surface area (Å²) in [5.41, 5.74) is 2.77. The third-order valence-electron chi connectivity index (χ3n) is 5.13. The van der Waals surface area contributed by atoms with Gasteiger partial charge in [0.15, 0.2) is 0 Å². The molecular formula is C19H25F2N5O3. The van der Waals surface area contributed by atoms with Gasteiger partial charge in [0.2, 0.25) is 0 Å². The van der Waals surface area contributed by atoms with E-state index in [-0.39, 0.29) is 19.4 Å². The number of rotatable bonds is 6. The van der Waals surface area contributed by atoms with Crippen LogP contribution >= 0.6 is 0 Å². The van der Waals surface area contributed by atoms with Crippen molar-refractivity contribution in [1.82, 2.24) is 20.0 Å². The molecule has 1 atom stereocenters. The predicted octanol–water partition coefficient (Wildman–Crippen LogP) is 1.96. The van der Waals surface area contributed by atoms with Crippen molar-refractivity contribution in [2.45, 2.75) is 38.7 Å². The molecule has 1 fully saturated rings. The maximum atomic E-state index is 14.4. The number of methoxy groups -OCH3 is 1. The highest BCUT2D eigenvalue weighted by atomic mass is 19.3. The number of carbonyl (C=O) groups excluding carboxylic acids is 1. The standard InChI is InChI=1S/C19H25F2N5O3/c1-4-13-15(6-5-14(22-13)18-16(10-27)25(2)24-23-18)26-9-12(7-17(28)29-3)8-19(20,21)11-26/h5-6,12,27H,4,7-11H2,1-3H3/t12-/m0/s1. The average molecular weight is 409 g/mol. The number of aromatic nitrogens is 4. The quantitative estimate of drug-likeness (QED) is 0.729. The van der Waals surface area contributed by atoms with Crippen LogP contribution in [-0.2, 0) is 29.6 Å². The van der Waals surface area contributed by atoms with Gasteiger partial charge in [0, 0.05) is 20.0 Å². The molecule has 0 radical (unpaired) electrons. The third-order valence-corrected chi connectivity index (χ3v) is 5.13. The Bertz CT molecular complexity index is 887. The molecular weight excluding hydrogens is 384 g/mol. The van der Waals surface area contributed by atoms with Crippen LogP contribution in [0.25, 0.3) is 11.4 Å². The van der Waals surface area contributed by atoms with Crippen molar-refractivity contribution in [2.24, 2.45) is 13.0 Å². The molecule has 158 valence electrons. The van der Waals surface area contributed by atoms with Crippen LogP contribution < -0.4 is 4.90 Å². The summed E-state index contributed by atoms with van der Waals surface area (Å²) < 4.78 is 34.8. The zero-order chi connectivity index (χ0) is 21.2. The Morgan fingerprint density at radius 3 is 2.83 bits per heavy atom. The number of ether oxygens (including phenoxy) is 1. The minimum Gasteiger partial charge on any atom is -0.469 e. The molecule has 1 N–H and O–H groups in total. The Morgan fingerprint density at radius 2 is 2.17 bits per heavy atom. The normalized spacial score (nSPS) is 18.7. The number of carbonyl (C=O) groups is 1. The Kier molecular flexibility index (Phi) is 6.11. The first kappa shape index (κ1) is 21.1. The Hall–Kier alpha value is -2.62. The SMILES string of the molecule is CCc1nc(-c2nnn(C)c2CO)ccc1N1C[C@@H](CC(=O)OC)CC(F)(F)C1. The van der Waals surface area contributed by atoms with E-state index >= 15 is 0 Å². The zero-order valence-corrected chi connectivity index (χ0v) is 16.7.